The van der Waals surface area contributed by atoms with Crippen LogP contribution in [0.15, 0.2) is 48.5 Å². The number of hydrogen-bond donors (Lipinski definition) is 2. The predicted octanol–water partition coefficient (Wildman–Crippen LogP) is 2.43. The van der Waals surface area contributed by atoms with E-state index in [9.17, 15) is 18.8 Å². The number of hydrogen-bond acceptors (Lipinski definition) is 4. The lowest BCUT2D eigenvalue weighted by molar-refractivity contribution is -0.152. The Bertz CT molecular complexity index is 805. The second-order valence-corrected chi connectivity index (χ2v) is 5.65. The fourth-order valence-corrected chi connectivity index (χ4v) is 2.07. The van der Waals surface area contributed by atoms with Gasteiger partial charge in [-0.2, -0.15) is 0 Å². The number of rotatable bonds is 6. The van der Waals surface area contributed by atoms with Crippen molar-refractivity contribution in [1.82, 2.24) is 5.32 Å². The number of aryl methyl sites for hydroxylation is 1. The number of nitrogens with one attached hydrogen (secondary N) is 2. The normalized spacial score (nSPS) is 11.3. The largest absolute Gasteiger partial charge is 0.451 e. The molecule has 0 aliphatic heterocycles. The molecule has 0 heterocycles. The zero-order valence-electron chi connectivity index (χ0n) is 14.4. The highest BCUT2D eigenvalue weighted by molar-refractivity contribution is 5.97. The quantitative estimate of drug-likeness (QED) is 0.777. The lowest BCUT2D eigenvalue weighted by atomic mass is 10.2. The van der Waals surface area contributed by atoms with Crippen LogP contribution in [0.4, 0.5) is 10.1 Å². The molecule has 0 aromatic heterocycles. The van der Waals surface area contributed by atoms with Crippen LogP contribution in [-0.2, 0) is 14.3 Å². The average molecular weight is 358 g/mol. The highest BCUT2D eigenvalue weighted by Crippen LogP contribution is 2.10. The van der Waals surface area contributed by atoms with Gasteiger partial charge in [0.25, 0.3) is 11.8 Å². The summed E-state index contributed by atoms with van der Waals surface area (Å²) in [5.74, 6) is -2.73. The van der Waals surface area contributed by atoms with E-state index in [1.807, 2.05) is 19.1 Å². The summed E-state index contributed by atoms with van der Waals surface area (Å²) < 4.78 is 18.4. The Morgan fingerprint density at radius 3 is 2.38 bits per heavy atom. The molecule has 0 aliphatic rings. The van der Waals surface area contributed by atoms with E-state index < -0.39 is 36.2 Å². The first-order chi connectivity index (χ1) is 12.4. The minimum absolute atomic E-state index is 0.175. The SMILES string of the molecule is Cc1ccc(NC(=O)[C@H](C)OC(=O)CNC(=O)c2ccccc2F)cc1. The Kier molecular flexibility index (Phi) is 6.43. The Morgan fingerprint density at radius 2 is 1.73 bits per heavy atom. The molecule has 0 aliphatic carbocycles. The summed E-state index contributed by atoms with van der Waals surface area (Å²) >= 11 is 0. The number of anilines is 1. The number of carbonyl (C=O) groups excluding carboxylic acids is 3. The van der Waals surface area contributed by atoms with Crippen LogP contribution in [-0.4, -0.2) is 30.4 Å². The molecule has 0 saturated carbocycles. The van der Waals surface area contributed by atoms with Crippen molar-refractivity contribution in [3.8, 4) is 0 Å². The van der Waals surface area contributed by atoms with E-state index in [4.69, 9.17) is 4.74 Å². The molecule has 0 saturated heterocycles. The first-order valence-corrected chi connectivity index (χ1v) is 7.96. The van der Waals surface area contributed by atoms with Crippen LogP contribution in [0.25, 0.3) is 0 Å². The average Bonchev–Trinajstić information content (AvgIpc) is 2.62. The number of amides is 2. The molecule has 136 valence electrons. The lowest BCUT2D eigenvalue weighted by Crippen LogP contribution is -2.36. The van der Waals surface area contributed by atoms with Gasteiger partial charge < -0.3 is 15.4 Å². The summed E-state index contributed by atoms with van der Waals surface area (Å²) in [5.41, 5.74) is 1.45. The third-order valence-electron chi connectivity index (χ3n) is 3.51. The maximum atomic E-state index is 13.5. The van der Waals surface area contributed by atoms with Crippen molar-refractivity contribution >= 4 is 23.5 Å². The van der Waals surface area contributed by atoms with Crippen LogP contribution in [0.3, 0.4) is 0 Å². The molecule has 0 radical (unpaired) electrons. The molecule has 0 spiro atoms. The molecule has 6 nitrogen and oxygen atoms in total. The summed E-state index contributed by atoms with van der Waals surface area (Å²) in [6, 6.07) is 12.5. The van der Waals surface area contributed by atoms with Crippen LogP contribution in [0.1, 0.15) is 22.8 Å². The van der Waals surface area contributed by atoms with Gasteiger partial charge in [0, 0.05) is 5.69 Å². The van der Waals surface area contributed by atoms with Crippen molar-refractivity contribution < 1.29 is 23.5 Å². The molecule has 2 aromatic rings. The first kappa shape index (κ1) is 19.1. The fourth-order valence-electron chi connectivity index (χ4n) is 2.07. The van der Waals surface area contributed by atoms with Crippen LogP contribution >= 0.6 is 0 Å². The second kappa shape index (κ2) is 8.75. The molecule has 0 bridgehead atoms. The van der Waals surface area contributed by atoms with Crippen LogP contribution < -0.4 is 10.6 Å². The summed E-state index contributed by atoms with van der Waals surface area (Å²) in [5, 5.41) is 4.87. The molecule has 1 atom stereocenters. The summed E-state index contributed by atoms with van der Waals surface area (Å²) in [7, 11) is 0. The number of benzene rings is 2. The van der Waals surface area contributed by atoms with Gasteiger partial charge in [-0.1, -0.05) is 29.8 Å². The van der Waals surface area contributed by atoms with Gasteiger partial charge in [-0.15, -0.1) is 0 Å². The minimum Gasteiger partial charge on any atom is -0.451 e. The van der Waals surface area contributed by atoms with E-state index in [1.165, 1.54) is 25.1 Å². The molecule has 2 aromatic carbocycles. The maximum absolute atomic E-state index is 13.5. The van der Waals surface area contributed by atoms with Gasteiger partial charge in [-0.3, -0.25) is 14.4 Å². The standard InChI is InChI=1S/C19H19FN2O4/c1-12-7-9-14(10-8-12)22-18(24)13(2)26-17(23)11-21-19(25)15-5-3-4-6-16(15)20/h3-10,13H,11H2,1-2H3,(H,21,25)(H,22,24)/t13-/m0/s1. The highest BCUT2D eigenvalue weighted by atomic mass is 19.1. The van der Waals surface area contributed by atoms with Gasteiger partial charge in [0.1, 0.15) is 12.4 Å². The van der Waals surface area contributed by atoms with E-state index in [2.05, 4.69) is 10.6 Å². The highest BCUT2D eigenvalue weighted by Gasteiger charge is 2.19. The molecular weight excluding hydrogens is 339 g/mol. The molecule has 7 heteroatoms. The Hall–Kier alpha value is -3.22. The predicted molar refractivity (Wildman–Crippen MR) is 94.1 cm³/mol. The molecule has 26 heavy (non-hydrogen) atoms. The van der Waals surface area contributed by atoms with Gasteiger partial charge in [0.2, 0.25) is 0 Å². The van der Waals surface area contributed by atoms with Gasteiger partial charge in [-0.25, -0.2) is 4.39 Å². The maximum Gasteiger partial charge on any atom is 0.326 e. The van der Waals surface area contributed by atoms with Crippen molar-refractivity contribution in [2.45, 2.75) is 20.0 Å². The van der Waals surface area contributed by atoms with E-state index in [0.29, 0.717) is 5.69 Å². The summed E-state index contributed by atoms with van der Waals surface area (Å²) in [6.45, 7) is 2.86. The molecule has 2 amide bonds. The van der Waals surface area contributed by atoms with Crippen LogP contribution in [0.5, 0.6) is 0 Å². The van der Waals surface area contributed by atoms with Crippen molar-refractivity contribution in [2.24, 2.45) is 0 Å². The third kappa shape index (κ3) is 5.41. The minimum atomic E-state index is -1.05. The van der Waals surface area contributed by atoms with E-state index in [0.717, 1.165) is 11.6 Å². The van der Waals surface area contributed by atoms with Crippen molar-refractivity contribution in [1.29, 1.82) is 0 Å². The van der Waals surface area contributed by atoms with Crippen molar-refractivity contribution in [2.75, 3.05) is 11.9 Å². The second-order valence-electron chi connectivity index (χ2n) is 5.65. The number of ether oxygens (including phenoxy) is 1. The van der Waals surface area contributed by atoms with E-state index in [-0.39, 0.29) is 5.56 Å². The fraction of sp³-hybridized carbons (Fsp3) is 0.211. The molecular formula is C19H19FN2O4. The number of carbonyl (C=O) groups is 3. The Balaban J connectivity index is 1.81. The molecule has 0 unspecified atom stereocenters. The summed E-state index contributed by atoms with van der Waals surface area (Å²) in [6.07, 6.45) is -1.05. The zero-order valence-corrected chi connectivity index (χ0v) is 14.4. The van der Waals surface area contributed by atoms with Crippen molar-refractivity contribution in [3.05, 3.63) is 65.5 Å². The van der Waals surface area contributed by atoms with Gasteiger partial charge >= 0.3 is 5.97 Å². The van der Waals surface area contributed by atoms with Crippen molar-refractivity contribution in [3.63, 3.8) is 0 Å². The molecule has 2 N–H and O–H groups in total. The lowest BCUT2D eigenvalue weighted by Gasteiger charge is -2.14. The molecule has 2 rings (SSSR count). The Labute approximate surface area is 150 Å². The topological polar surface area (TPSA) is 84.5 Å². The first-order valence-electron chi connectivity index (χ1n) is 7.96. The third-order valence-corrected chi connectivity index (χ3v) is 3.51. The van der Waals surface area contributed by atoms with Crippen LogP contribution in [0.2, 0.25) is 0 Å². The van der Waals surface area contributed by atoms with E-state index >= 15 is 0 Å². The smallest absolute Gasteiger partial charge is 0.326 e. The van der Waals surface area contributed by atoms with Gasteiger partial charge in [-0.05, 0) is 38.1 Å². The number of halogens is 1. The van der Waals surface area contributed by atoms with Crippen LogP contribution in [0, 0.1) is 12.7 Å². The zero-order chi connectivity index (χ0) is 19.1. The van der Waals surface area contributed by atoms with Gasteiger partial charge in [0.15, 0.2) is 6.10 Å². The number of esters is 1. The van der Waals surface area contributed by atoms with E-state index in [1.54, 1.807) is 12.1 Å². The van der Waals surface area contributed by atoms with Gasteiger partial charge in [0.05, 0.1) is 5.56 Å². The Morgan fingerprint density at radius 1 is 1.08 bits per heavy atom. The summed E-state index contributed by atoms with van der Waals surface area (Å²) in [4.78, 5) is 35.6. The monoisotopic (exact) mass is 358 g/mol. The molecule has 0 fully saturated rings.